The van der Waals surface area contributed by atoms with Crippen LogP contribution in [0.5, 0.6) is 0 Å². The van der Waals surface area contributed by atoms with E-state index >= 15 is 0 Å². The lowest BCUT2D eigenvalue weighted by atomic mass is 10.1. The predicted octanol–water partition coefficient (Wildman–Crippen LogP) is 3.33. The number of halogens is 3. The topological polar surface area (TPSA) is 39.9 Å². The number of hydrogen-bond acceptors (Lipinski definition) is 3. The molecule has 1 aromatic heterocycles. The number of rotatable bonds is 6. The Morgan fingerprint density at radius 2 is 1.86 bits per heavy atom. The molecule has 0 bridgehead atoms. The number of aromatic nitrogens is 3. The van der Waals surface area contributed by atoms with Gasteiger partial charge in [0, 0.05) is 13.5 Å². The second kappa shape index (κ2) is 6.91. The molecule has 120 valence electrons. The van der Waals surface area contributed by atoms with Crippen molar-refractivity contribution >= 4 is 0 Å². The summed E-state index contributed by atoms with van der Waals surface area (Å²) in [4.78, 5) is 4.21. The fraction of sp³-hybridized carbons (Fsp3) is 0.467. The summed E-state index contributed by atoms with van der Waals surface area (Å²) < 4.78 is 43.8. The van der Waals surface area contributed by atoms with Gasteiger partial charge in [0.25, 0.3) is 0 Å². The number of benzene rings is 1. The van der Waals surface area contributed by atoms with Gasteiger partial charge in [-0.05, 0) is 18.9 Å². The molecule has 1 atom stereocenters. The van der Waals surface area contributed by atoms with Gasteiger partial charge in [-0.25, -0.2) is 9.67 Å². The van der Waals surface area contributed by atoms with Crippen molar-refractivity contribution in [2.75, 3.05) is 7.11 Å². The first-order valence-corrected chi connectivity index (χ1v) is 6.96. The molecule has 0 spiro atoms. The maximum absolute atomic E-state index is 12.6. The van der Waals surface area contributed by atoms with E-state index in [0.717, 1.165) is 10.2 Å². The third kappa shape index (κ3) is 4.56. The summed E-state index contributed by atoms with van der Waals surface area (Å²) in [5.41, 5.74) is 1.09. The van der Waals surface area contributed by atoms with Crippen molar-refractivity contribution in [3.63, 3.8) is 0 Å². The second-order valence-electron chi connectivity index (χ2n) is 5.02. The van der Waals surface area contributed by atoms with Crippen LogP contribution in [0.2, 0.25) is 0 Å². The Kier molecular flexibility index (Phi) is 5.18. The normalized spacial score (nSPS) is 13.3. The van der Waals surface area contributed by atoms with Crippen molar-refractivity contribution in [2.24, 2.45) is 0 Å². The monoisotopic (exact) mass is 313 g/mol. The molecule has 0 saturated carbocycles. The molecule has 22 heavy (non-hydrogen) atoms. The SMILES string of the molecule is CO[C@H](C)c1nc(CCc2ccccc2)nn1CC(F)(F)F. The molecular weight excluding hydrogens is 295 g/mol. The minimum atomic E-state index is -4.34. The van der Waals surface area contributed by atoms with Crippen molar-refractivity contribution < 1.29 is 17.9 Å². The van der Waals surface area contributed by atoms with Crippen molar-refractivity contribution in [3.05, 3.63) is 47.5 Å². The molecule has 0 saturated heterocycles. The Bertz CT molecular complexity index is 596. The van der Waals surface area contributed by atoms with Gasteiger partial charge in [-0.1, -0.05) is 30.3 Å². The van der Waals surface area contributed by atoms with Crippen molar-refractivity contribution in [1.29, 1.82) is 0 Å². The average molecular weight is 313 g/mol. The molecule has 4 nitrogen and oxygen atoms in total. The Morgan fingerprint density at radius 1 is 1.18 bits per heavy atom. The van der Waals surface area contributed by atoms with Crippen LogP contribution >= 0.6 is 0 Å². The van der Waals surface area contributed by atoms with Gasteiger partial charge >= 0.3 is 6.18 Å². The zero-order valence-electron chi connectivity index (χ0n) is 12.5. The van der Waals surface area contributed by atoms with E-state index in [1.54, 1.807) is 6.92 Å². The highest BCUT2D eigenvalue weighted by Crippen LogP contribution is 2.21. The summed E-state index contributed by atoms with van der Waals surface area (Å²) in [5, 5.41) is 3.99. The highest BCUT2D eigenvalue weighted by molar-refractivity contribution is 5.15. The van der Waals surface area contributed by atoms with Crippen LogP contribution in [0.15, 0.2) is 30.3 Å². The van der Waals surface area contributed by atoms with Crippen molar-refractivity contribution in [1.82, 2.24) is 14.8 Å². The van der Waals surface area contributed by atoms with Crippen LogP contribution in [0.1, 0.15) is 30.2 Å². The highest BCUT2D eigenvalue weighted by atomic mass is 19.4. The minimum absolute atomic E-state index is 0.197. The van der Waals surface area contributed by atoms with E-state index in [9.17, 15) is 13.2 Å². The number of ether oxygens (including phenoxy) is 1. The van der Waals surface area contributed by atoms with Crippen LogP contribution in [0.3, 0.4) is 0 Å². The zero-order valence-corrected chi connectivity index (χ0v) is 12.5. The van der Waals surface area contributed by atoms with Gasteiger partial charge in [-0.15, -0.1) is 0 Å². The minimum Gasteiger partial charge on any atom is -0.374 e. The average Bonchev–Trinajstić information content (AvgIpc) is 2.86. The van der Waals surface area contributed by atoms with Crippen LogP contribution in [-0.4, -0.2) is 28.1 Å². The Hall–Kier alpha value is -1.89. The number of hydrogen-bond donors (Lipinski definition) is 0. The summed E-state index contributed by atoms with van der Waals surface area (Å²) in [6.07, 6.45) is -3.72. The van der Waals surface area contributed by atoms with E-state index in [2.05, 4.69) is 10.1 Å². The molecule has 1 aromatic carbocycles. The zero-order chi connectivity index (χ0) is 16.2. The third-order valence-electron chi connectivity index (χ3n) is 3.27. The smallest absolute Gasteiger partial charge is 0.374 e. The molecule has 0 unspecified atom stereocenters. The maximum Gasteiger partial charge on any atom is 0.408 e. The van der Waals surface area contributed by atoms with E-state index in [4.69, 9.17) is 4.74 Å². The fourth-order valence-corrected chi connectivity index (χ4v) is 2.10. The van der Waals surface area contributed by atoms with Gasteiger partial charge < -0.3 is 4.74 Å². The number of methoxy groups -OCH3 is 1. The van der Waals surface area contributed by atoms with Gasteiger partial charge in [0.1, 0.15) is 12.6 Å². The van der Waals surface area contributed by atoms with Gasteiger partial charge in [-0.3, -0.25) is 0 Å². The molecule has 0 aliphatic rings. The fourth-order valence-electron chi connectivity index (χ4n) is 2.10. The lowest BCUT2D eigenvalue weighted by Gasteiger charge is -2.12. The molecule has 1 heterocycles. The first-order chi connectivity index (χ1) is 10.4. The van der Waals surface area contributed by atoms with Gasteiger partial charge in [-0.2, -0.15) is 18.3 Å². The molecule has 0 N–H and O–H groups in total. The van der Waals surface area contributed by atoms with Crippen molar-refractivity contribution in [3.8, 4) is 0 Å². The van der Waals surface area contributed by atoms with Gasteiger partial charge in [0.2, 0.25) is 0 Å². The summed E-state index contributed by atoms with van der Waals surface area (Å²) in [6.45, 7) is 0.492. The Morgan fingerprint density at radius 3 is 2.45 bits per heavy atom. The van der Waals surface area contributed by atoms with E-state index < -0.39 is 18.8 Å². The van der Waals surface area contributed by atoms with Crippen LogP contribution in [0, 0.1) is 0 Å². The van der Waals surface area contributed by atoms with Crippen LogP contribution in [-0.2, 0) is 24.1 Å². The lowest BCUT2D eigenvalue weighted by molar-refractivity contribution is -0.143. The second-order valence-corrected chi connectivity index (χ2v) is 5.02. The quantitative estimate of drug-likeness (QED) is 0.821. The molecule has 0 amide bonds. The van der Waals surface area contributed by atoms with E-state index in [1.807, 2.05) is 30.3 Å². The van der Waals surface area contributed by atoms with E-state index in [-0.39, 0.29) is 5.82 Å². The molecule has 0 radical (unpaired) electrons. The standard InChI is InChI=1S/C15H18F3N3O/c1-11(22-2)14-19-13(20-21(14)10-15(16,17)18)9-8-12-6-4-3-5-7-12/h3-7,11H,8-10H2,1-2H3/t11-/m1/s1. The van der Waals surface area contributed by atoms with E-state index in [0.29, 0.717) is 18.7 Å². The molecule has 7 heteroatoms. The predicted molar refractivity (Wildman–Crippen MR) is 75.4 cm³/mol. The Labute approximate surface area is 126 Å². The molecule has 0 fully saturated rings. The first-order valence-electron chi connectivity index (χ1n) is 6.96. The van der Waals surface area contributed by atoms with Crippen molar-refractivity contribution in [2.45, 2.75) is 38.6 Å². The van der Waals surface area contributed by atoms with Crippen LogP contribution < -0.4 is 0 Å². The number of nitrogens with zero attached hydrogens (tertiary/aromatic N) is 3. The summed E-state index contributed by atoms with van der Waals surface area (Å²) in [7, 11) is 1.43. The largest absolute Gasteiger partial charge is 0.408 e. The number of aryl methyl sites for hydroxylation is 2. The lowest BCUT2D eigenvalue weighted by Crippen LogP contribution is -2.21. The maximum atomic E-state index is 12.6. The van der Waals surface area contributed by atoms with Crippen LogP contribution in [0.4, 0.5) is 13.2 Å². The van der Waals surface area contributed by atoms with Gasteiger partial charge in [0.05, 0.1) is 0 Å². The Balaban J connectivity index is 2.14. The summed E-state index contributed by atoms with van der Waals surface area (Å²) in [5.74, 6) is 0.592. The third-order valence-corrected chi connectivity index (χ3v) is 3.27. The summed E-state index contributed by atoms with van der Waals surface area (Å²) >= 11 is 0. The van der Waals surface area contributed by atoms with E-state index in [1.165, 1.54) is 7.11 Å². The molecular formula is C15H18F3N3O. The van der Waals surface area contributed by atoms with Gasteiger partial charge in [0.15, 0.2) is 11.6 Å². The summed E-state index contributed by atoms with van der Waals surface area (Å²) in [6, 6.07) is 9.68. The highest BCUT2D eigenvalue weighted by Gasteiger charge is 2.31. The molecule has 2 aromatic rings. The molecule has 0 aliphatic carbocycles. The number of alkyl halides is 3. The van der Waals surface area contributed by atoms with Crippen LogP contribution in [0.25, 0.3) is 0 Å². The first kappa shape index (κ1) is 16.5. The molecule has 2 rings (SSSR count). The molecule has 0 aliphatic heterocycles.